The largest absolute Gasteiger partial charge is 0.281 e. The first-order valence-electron chi connectivity index (χ1n) is 4.38. The molecular weight excluding hydrogens is 308 g/mol. The Morgan fingerprint density at radius 1 is 1.44 bits per heavy atom. The summed E-state index contributed by atoms with van der Waals surface area (Å²) in [7, 11) is 0. The van der Waals surface area contributed by atoms with Crippen LogP contribution in [0.2, 0.25) is 0 Å². The number of hydrogen-bond donors (Lipinski definition) is 1. The van der Waals surface area contributed by atoms with Crippen molar-refractivity contribution in [2.75, 3.05) is 0 Å². The highest BCUT2D eigenvalue weighted by atomic mass is 79.9. The van der Waals surface area contributed by atoms with Crippen LogP contribution in [0.3, 0.4) is 0 Å². The summed E-state index contributed by atoms with van der Waals surface area (Å²) < 4.78 is 1.04. The van der Waals surface area contributed by atoms with Gasteiger partial charge in [-0.1, -0.05) is 6.07 Å². The summed E-state index contributed by atoms with van der Waals surface area (Å²) in [6.07, 6.45) is 1.63. The molecule has 0 bridgehead atoms. The van der Waals surface area contributed by atoms with Gasteiger partial charge in [0.25, 0.3) is 5.91 Å². The van der Waals surface area contributed by atoms with Crippen molar-refractivity contribution in [3.8, 4) is 0 Å². The maximum Gasteiger partial charge on any atom is 0.281 e. The zero-order chi connectivity index (χ0) is 11.4. The lowest BCUT2D eigenvalue weighted by Crippen LogP contribution is -2.15. The normalized spacial score (nSPS) is 10.8. The minimum atomic E-state index is -0.179. The summed E-state index contributed by atoms with van der Waals surface area (Å²) in [5.41, 5.74) is 2.48. The Labute approximate surface area is 109 Å². The molecule has 6 heteroatoms. The van der Waals surface area contributed by atoms with Gasteiger partial charge in [0.2, 0.25) is 0 Å². The Balaban J connectivity index is 1.93. The average Bonchev–Trinajstić information content (AvgIpc) is 2.89. The highest BCUT2D eigenvalue weighted by molar-refractivity contribution is 9.11. The van der Waals surface area contributed by atoms with E-state index in [4.69, 9.17) is 0 Å². The quantitative estimate of drug-likeness (QED) is 0.685. The maximum absolute atomic E-state index is 11.5. The number of halogens is 1. The Morgan fingerprint density at radius 2 is 2.31 bits per heavy atom. The molecule has 0 aliphatic heterocycles. The van der Waals surface area contributed by atoms with Crippen LogP contribution in [0.15, 0.2) is 38.5 Å². The van der Waals surface area contributed by atoms with Gasteiger partial charge in [-0.15, -0.1) is 22.7 Å². The molecule has 2 aromatic rings. The van der Waals surface area contributed by atoms with Crippen LogP contribution in [-0.4, -0.2) is 12.1 Å². The number of rotatable bonds is 3. The lowest BCUT2D eigenvalue weighted by atomic mass is 10.4. The van der Waals surface area contributed by atoms with Crippen LogP contribution in [-0.2, 0) is 0 Å². The minimum absolute atomic E-state index is 0.179. The van der Waals surface area contributed by atoms with E-state index < -0.39 is 0 Å². The van der Waals surface area contributed by atoms with Crippen LogP contribution >= 0.6 is 38.6 Å². The first-order chi connectivity index (χ1) is 7.75. The predicted molar refractivity (Wildman–Crippen MR) is 71.4 cm³/mol. The van der Waals surface area contributed by atoms with Crippen molar-refractivity contribution in [2.45, 2.75) is 0 Å². The monoisotopic (exact) mass is 314 g/mol. The van der Waals surface area contributed by atoms with Gasteiger partial charge in [0.1, 0.15) is 0 Å². The van der Waals surface area contributed by atoms with Crippen molar-refractivity contribution in [1.82, 2.24) is 5.43 Å². The number of carbonyl (C=O) groups is 1. The second kappa shape index (κ2) is 5.38. The average molecular weight is 315 g/mol. The predicted octanol–water partition coefficient (Wildman–Crippen LogP) is 3.34. The molecular formula is C10H7BrN2OS2. The molecule has 0 aliphatic rings. The lowest BCUT2D eigenvalue weighted by molar-refractivity contribution is 0.0959. The van der Waals surface area contributed by atoms with E-state index >= 15 is 0 Å². The third-order valence-electron chi connectivity index (χ3n) is 1.70. The summed E-state index contributed by atoms with van der Waals surface area (Å²) >= 11 is 6.30. The molecule has 0 aromatic carbocycles. The molecule has 2 aromatic heterocycles. The zero-order valence-corrected chi connectivity index (χ0v) is 11.2. The van der Waals surface area contributed by atoms with Crippen LogP contribution < -0.4 is 5.43 Å². The van der Waals surface area contributed by atoms with Crippen LogP contribution in [0, 0.1) is 0 Å². The number of carbonyl (C=O) groups excluding carboxylic acids is 1. The summed E-state index contributed by atoms with van der Waals surface area (Å²) in [5, 5.41) is 5.74. The van der Waals surface area contributed by atoms with E-state index in [-0.39, 0.29) is 5.91 Å². The molecule has 0 aliphatic carbocycles. The van der Waals surface area contributed by atoms with Gasteiger partial charge in [0, 0.05) is 4.88 Å². The van der Waals surface area contributed by atoms with Gasteiger partial charge in [-0.25, -0.2) is 5.43 Å². The summed E-state index contributed by atoms with van der Waals surface area (Å²) in [5.74, 6) is -0.179. The van der Waals surface area contributed by atoms with Gasteiger partial charge >= 0.3 is 0 Å². The summed E-state index contributed by atoms with van der Waals surface area (Å²) in [6.45, 7) is 0. The smallest absolute Gasteiger partial charge is 0.266 e. The van der Waals surface area contributed by atoms with Crippen molar-refractivity contribution in [3.05, 3.63) is 43.2 Å². The van der Waals surface area contributed by atoms with E-state index in [1.807, 2.05) is 23.6 Å². The van der Waals surface area contributed by atoms with Crippen LogP contribution in [0.25, 0.3) is 0 Å². The molecule has 0 radical (unpaired) electrons. The van der Waals surface area contributed by atoms with Gasteiger partial charge in [0.15, 0.2) is 0 Å². The molecule has 2 heterocycles. The first-order valence-corrected chi connectivity index (χ1v) is 6.87. The Hall–Kier alpha value is -0.980. The topological polar surface area (TPSA) is 41.5 Å². The van der Waals surface area contributed by atoms with Crippen molar-refractivity contribution >= 4 is 50.7 Å². The molecule has 0 fully saturated rings. The lowest BCUT2D eigenvalue weighted by Gasteiger charge is -1.93. The third kappa shape index (κ3) is 3.01. The molecule has 0 atom stereocenters. The molecule has 0 saturated heterocycles. The summed E-state index contributed by atoms with van der Waals surface area (Å²) in [4.78, 5) is 13.1. The SMILES string of the molecule is O=C(N/N=C/c1ccc(Br)s1)c1cccs1. The van der Waals surface area contributed by atoms with E-state index in [9.17, 15) is 4.79 Å². The molecule has 2 rings (SSSR count). The van der Waals surface area contributed by atoms with Gasteiger partial charge in [0.05, 0.1) is 14.9 Å². The van der Waals surface area contributed by atoms with Crippen LogP contribution in [0.4, 0.5) is 0 Å². The fraction of sp³-hybridized carbons (Fsp3) is 0. The zero-order valence-electron chi connectivity index (χ0n) is 8.01. The molecule has 16 heavy (non-hydrogen) atoms. The van der Waals surface area contributed by atoms with Gasteiger partial charge in [-0.3, -0.25) is 4.79 Å². The van der Waals surface area contributed by atoms with Crippen molar-refractivity contribution in [3.63, 3.8) is 0 Å². The Kier molecular flexibility index (Phi) is 3.87. The summed E-state index contributed by atoms with van der Waals surface area (Å²) in [6, 6.07) is 7.46. The molecule has 82 valence electrons. The molecule has 0 saturated carbocycles. The number of hydrogen-bond acceptors (Lipinski definition) is 4. The first kappa shape index (κ1) is 11.5. The van der Waals surface area contributed by atoms with Gasteiger partial charge in [-0.05, 0) is 39.5 Å². The number of nitrogens with zero attached hydrogens (tertiary/aromatic N) is 1. The van der Waals surface area contributed by atoms with Crippen molar-refractivity contribution < 1.29 is 4.79 Å². The Bertz CT molecular complexity index is 505. The highest BCUT2D eigenvalue weighted by Crippen LogP contribution is 2.20. The van der Waals surface area contributed by atoms with Crippen molar-refractivity contribution in [1.29, 1.82) is 0 Å². The number of nitrogens with one attached hydrogen (secondary N) is 1. The fourth-order valence-corrected chi connectivity index (χ4v) is 2.92. The second-order valence-corrected chi connectivity index (χ2v) is 6.26. The molecule has 0 unspecified atom stereocenters. The minimum Gasteiger partial charge on any atom is -0.266 e. The van der Waals surface area contributed by atoms with E-state index in [0.29, 0.717) is 4.88 Å². The van der Waals surface area contributed by atoms with E-state index in [0.717, 1.165) is 8.66 Å². The number of amides is 1. The van der Waals surface area contributed by atoms with Gasteiger partial charge in [-0.2, -0.15) is 5.10 Å². The highest BCUT2D eigenvalue weighted by Gasteiger charge is 2.03. The number of thiophene rings is 2. The standard InChI is InChI=1S/C10H7BrN2OS2/c11-9-4-3-7(16-9)6-12-13-10(14)8-2-1-5-15-8/h1-6H,(H,13,14)/b12-6+. The second-order valence-electron chi connectivity index (χ2n) is 2.82. The maximum atomic E-state index is 11.5. The van der Waals surface area contributed by atoms with Crippen LogP contribution in [0.5, 0.6) is 0 Å². The molecule has 1 N–H and O–H groups in total. The van der Waals surface area contributed by atoms with E-state index in [1.165, 1.54) is 11.3 Å². The Morgan fingerprint density at radius 3 is 2.94 bits per heavy atom. The van der Waals surface area contributed by atoms with E-state index in [2.05, 4.69) is 26.5 Å². The van der Waals surface area contributed by atoms with Gasteiger partial charge < -0.3 is 0 Å². The van der Waals surface area contributed by atoms with Crippen molar-refractivity contribution in [2.24, 2.45) is 5.10 Å². The molecule has 0 spiro atoms. The fourth-order valence-electron chi connectivity index (χ4n) is 1.02. The third-order valence-corrected chi connectivity index (χ3v) is 4.12. The number of hydrazone groups is 1. The van der Waals surface area contributed by atoms with E-state index in [1.54, 1.807) is 23.6 Å². The molecule has 3 nitrogen and oxygen atoms in total. The van der Waals surface area contributed by atoms with Crippen LogP contribution in [0.1, 0.15) is 14.5 Å². The molecule has 1 amide bonds.